The lowest BCUT2D eigenvalue weighted by atomic mass is 10.0. The molecule has 0 aliphatic heterocycles. The molecule has 28 heavy (non-hydrogen) atoms. The summed E-state index contributed by atoms with van der Waals surface area (Å²) in [6.07, 6.45) is 3.21. The Kier molecular flexibility index (Phi) is 4.85. The van der Waals surface area contributed by atoms with Gasteiger partial charge in [-0.2, -0.15) is 5.10 Å². The molecule has 2 aromatic carbocycles. The number of aromatic nitrogens is 4. The van der Waals surface area contributed by atoms with Gasteiger partial charge in [-0.15, -0.1) is 0 Å². The van der Waals surface area contributed by atoms with Crippen molar-refractivity contribution in [1.29, 1.82) is 0 Å². The summed E-state index contributed by atoms with van der Waals surface area (Å²) in [4.78, 5) is 21.4. The van der Waals surface area contributed by atoms with Crippen LogP contribution in [0.25, 0.3) is 10.9 Å². The quantitative estimate of drug-likeness (QED) is 0.583. The van der Waals surface area contributed by atoms with Gasteiger partial charge in [0.15, 0.2) is 0 Å². The number of fused-ring (bicyclic) bond motifs is 1. The van der Waals surface area contributed by atoms with Crippen LogP contribution < -0.4 is 5.32 Å². The highest BCUT2D eigenvalue weighted by Gasteiger charge is 2.12. The number of nitrogens with one attached hydrogen (secondary N) is 1. The Bertz CT molecular complexity index is 1140. The number of hydrogen-bond donors (Lipinski definition) is 1. The van der Waals surface area contributed by atoms with E-state index in [2.05, 4.69) is 26.4 Å². The predicted octanol–water partition coefficient (Wildman–Crippen LogP) is 3.42. The lowest BCUT2D eigenvalue weighted by molar-refractivity contribution is 0.0952. The molecule has 0 aliphatic rings. The minimum absolute atomic E-state index is 0.0946. The molecule has 2 aromatic heterocycles. The highest BCUT2D eigenvalue weighted by molar-refractivity contribution is 6.06. The molecular formula is C22H21N5O. The van der Waals surface area contributed by atoms with Crippen LogP contribution >= 0.6 is 0 Å². The number of benzene rings is 2. The Morgan fingerprint density at radius 2 is 1.93 bits per heavy atom. The highest BCUT2D eigenvalue weighted by Crippen LogP contribution is 2.20. The van der Waals surface area contributed by atoms with E-state index in [4.69, 9.17) is 0 Å². The minimum atomic E-state index is -0.0946. The molecule has 0 radical (unpaired) electrons. The molecule has 1 N–H and O–H groups in total. The van der Waals surface area contributed by atoms with Gasteiger partial charge in [0.1, 0.15) is 12.7 Å². The van der Waals surface area contributed by atoms with Gasteiger partial charge in [-0.05, 0) is 43.2 Å². The molecule has 0 unspecified atom stereocenters. The SMILES string of the molecule is Cc1ccc2nc(C)cc(C(=O)NCc3cccc(Cn4cncn4)c3)c2c1. The average molecular weight is 371 g/mol. The van der Waals surface area contributed by atoms with Gasteiger partial charge in [-0.1, -0.05) is 35.9 Å². The topological polar surface area (TPSA) is 72.7 Å². The number of pyridine rings is 1. The lowest BCUT2D eigenvalue weighted by Crippen LogP contribution is -2.23. The Morgan fingerprint density at radius 3 is 2.75 bits per heavy atom. The molecule has 1 amide bonds. The third-order valence-corrected chi connectivity index (χ3v) is 4.59. The summed E-state index contributed by atoms with van der Waals surface area (Å²) < 4.78 is 1.77. The standard InChI is InChI=1S/C22H21N5O/c1-15-6-7-21-19(8-15)20(9-16(2)26-21)22(28)24-11-17-4-3-5-18(10-17)12-27-14-23-13-25-27/h3-10,13-14H,11-12H2,1-2H3,(H,24,28). The summed E-state index contributed by atoms with van der Waals surface area (Å²) in [7, 11) is 0. The van der Waals surface area contributed by atoms with Gasteiger partial charge >= 0.3 is 0 Å². The van der Waals surface area contributed by atoms with Gasteiger partial charge in [0, 0.05) is 17.6 Å². The van der Waals surface area contributed by atoms with Gasteiger partial charge in [0.05, 0.1) is 17.6 Å². The van der Waals surface area contributed by atoms with E-state index in [1.165, 1.54) is 6.33 Å². The summed E-state index contributed by atoms with van der Waals surface area (Å²) >= 11 is 0. The largest absolute Gasteiger partial charge is 0.348 e. The van der Waals surface area contributed by atoms with Gasteiger partial charge < -0.3 is 5.32 Å². The molecule has 6 heteroatoms. The number of aryl methyl sites for hydroxylation is 2. The van der Waals surface area contributed by atoms with Crippen molar-refractivity contribution in [2.45, 2.75) is 26.9 Å². The fourth-order valence-electron chi connectivity index (χ4n) is 3.28. The van der Waals surface area contributed by atoms with Gasteiger partial charge in [0.25, 0.3) is 5.91 Å². The molecule has 0 spiro atoms. The monoisotopic (exact) mass is 371 g/mol. The number of amides is 1. The first-order chi connectivity index (χ1) is 13.6. The molecule has 6 nitrogen and oxygen atoms in total. The normalized spacial score (nSPS) is 10.9. The lowest BCUT2D eigenvalue weighted by Gasteiger charge is -2.11. The zero-order chi connectivity index (χ0) is 19.5. The van der Waals surface area contributed by atoms with E-state index in [0.717, 1.165) is 33.3 Å². The summed E-state index contributed by atoms with van der Waals surface area (Å²) in [6.45, 7) is 5.03. The number of hydrogen-bond acceptors (Lipinski definition) is 4. The average Bonchev–Trinajstić information content (AvgIpc) is 3.19. The van der Waals surface area contributed by atoms with Crippen LogP contribution in [0.15, 0.2) is 61.2 Å². The van der Waals surface area contributed by atoms with Crippen molar-refractivity contribution in [1.82, 2.24) is 25.1 Å². The first-order valence-corrected chi connectivity index (χ1v) is 9.15. The molecule has 0 fully saturated rings. The minimum Gasteiger partial charge on any atom is -0.348 e. The van der Waals surface area contributed by atoms with Crippen LogP contribution in [0, 0.1) is 13.8 Å². The van der Waals surface area contributed by atoms with Crippen molar-refractivity contribution in [2.75, 3.05) is 0 Å². The van der Waals surface area contributed by atoms with Crippen LogP contribution in [0.5, 0.6) is 0 Å². The second-order valence-corrected chi connectivity index (χ2v) is 6.93. The second kappa shape index (κ2) is 7.60. The smallest absolute Gasteiger partial charge is 0.252 e. The second-order valence-electron chi connectivity index (χ2n) is 6.93. The maximum atomic E-state index is 12.9. The van der Waals surface area contributed by atoms with E-state index in [1.54, 1.807) is 11.0 Å². The van der Waals surface area contributed by atoms with Crippen molar-refractivity contribution < 1.29 is 4.79 Å². The van der Waals surface area contributed by atoms with Crippen LogP contribution in [0.1, 0.15) is 32.7 Å². The fourth-order valence-corrected chi connectivity index (χ4v) is 3.28. The zero-order valence-electron chi connectivity index (χ0n) is 15.9. The van der Waals surface area contributed by atoms with Crippen LogP contribution in [-0.2, 0) is 13.1 Å². The molecule has 140 valence electrons. The van der Waals surface area contributed by atoms with Crippen molar-refractivity contribution in [3.8, 4) is 0 Å². The molecule has 0 saturated heterocycles. The van der Waals surface area contributed by atoms with E-state index >= 15 is 0 Å². The van der Waals surface area contributed by atoms with Gasteiger partial charge in [-0.25, -0.2) is 9.67 Å². The number of rotatable bonds is 5. The highest BCUT2D eigenvalue weighted by atomic mass is 16.1. The molecule has 0 bridgehead atoms. The fraction of sp³-hybridized carbons (Fsp3) is 0.182. The number of carbonyl (C=O) groups excluding carboxylic acids is 1. The summed E-state index contributed by atoms with van der Waals surface area (Å²) in [5.74, 6) is -0.0946. The van der Waals surface area contributed by atoms with E-state index in [-0.39, 0.29) is 5.91 Å². The third-order valence-electron chi connectivity index (χ3n) is 4.59. The molecule has 2 heterocycles. The van der Waals surface area contributed by atoms with Crippen molar-refractivity contribution >= 4 is 16.8 Å². The Morgan fingerprint density at radius 1 is 1.07 bits per heavy atom. The van der Waals surface area contributed by atoms with Gasteiger partial charge in [-0.3, -0.25) is 9.78 Å². The molecule has 0 atom stereocenters. The van der Waals surface area contributed by atoms with Crippen molar-refractivity contribution in [2.24, 2.45) is 0 Å². The molecular weight excluding hydrogens is 350 g/mol. The van der Waals surface area contributed by atoms with Crippen LogP contribution in [0.3, 0.4) is 0 Å². The Labute approximate surface area is 163 Å². The maximum Gasteiger partial charge on any atom is 0.252 e. The van der Waals surface area contributed by atoms with E-state index in [9.17, 15) is 4.79 Å². The van der Waals surface area contributed by atoms with Crippen LogP contribution in [-0.4, -0.2) is 25.7 Å². The van der Waals surface area contributed by atoms with E-state index in [0.29, 0.717) is 18.7 Å². The Balaban J connectivity index is 1.52. The van der Waals surface area contributed by atoms with Gasteiger partial charge in [0.2, 0.25) is 0 Å². The molecule has 4 aromatic rings. The predicted molar refractivity (Wildman–Crippen MR) is 108 cm³/mol. The third kappa shape index (κ3) is 3.91. The maximum absolute atomic E-state index is 12.9. The molecule has 0 aliphatic carbocycles. The first kappa shape index (κ1) is 17.9. The van der Waals surface area contributed by atoms with E-state index in [1.807, 2.05) is 56.3 Å². The van der Waals surface area contributed by atoms with E-state index < -0.39 is 0 Å². The van der Waals surface area contributed by atoms with Crippen molar-refractivity contribution in [3.63, 3.8) is 0 Å². The number of carbonyl (C=O) groups is 1. The molecule has 0 saturated carbocycles. The summed E-state index contributed by atoms with van der Waals surface area (Å²) in [5, 5.41) is 8.05. The number of nitrogens with zero attached hydrogens (tertiary/aromatic N) is 4. The van der Waals surface area contributed by atoms with Crippen LogP contribution in [0.2, 0.25) is 0 Å². The van der Waals surface area contributed by atoms with Crippen LogP contribution in [0.4, 0.5) is 0 Å². The summed E-state index contributed by atoms with van der Waals surface area (Å²) in [6, 6.07) is 15.9. The molecule has 4 rings (SSSR count). The van der Waals surface area contributed by atoms with Crippen molar-refractivity contribution in [3.05, 3.63) is 89.1 Å². The summed E-state index contributed by atoms with van der Waals surface area (Å²) in [5.41, 5.74) is 5.58. The zero-order valence-corrected chi connectivity index (χ0v) is 15.9. The first-order valence-electron chi connectivity index (χ1n) is 9.15. The Hall–Kier alpha value is -3.54.